The van der Waals surface area contributed by atoms with E-state index in [4.69, 9.17) is 5.73 Å². The molecule has 0 fully saturated rings. The second kappa shape index (κ2) is 7.63. The van der Waals surface area contributed by atoms with Crippen molar-refractivity contribution in [2.75, 3.05) is 18.8 Å². The monoisotopic (exact) mass is 302 g/mol. The number of hydrogen-bond donors (Lipinski definition) is 1. The van der Waals surface area contributed by atoms with Gasteiger partial charge in [0, 0.05) is 18.0 Å². The summed E-state index contributed by atoms with van der Waals surface area (Å²) in [7, 11) is 0. The Morgan fingerprint density at radius 2 is 1.86 bits per heavy atom. The molecule has 2 N–H and O–H groups in total. The molecule has 4 nitrogen and oxygen atoms in total. The first-order valence-electron chi connectivity index (χ1n) is 8.51. The summed E-state index contributed by atoms with van der Waals surface area (Å²) in [5.74, 6) is 1.35. The average molecular weight is 302 g/mol. The summed E-state index contributed by atoms with van der Waals surface area (Å²) in [6, 6.07) is 8.83. The number of aromatic nitrogens is 2. The molecule has 0 amide bonds. The minimum absolute atomic E-state index is 0.610. The lowest BCUT2D eigenvalue weighted by molar-refractivity contribution is 0.174. The molecular weight excluding hydrogens is 272 g/mol. The Morgan fingerprint density at radius 3 is 2.50 bits per heavy atom. The Morgan fingerprint density at radius 1 is 1.18 bits per heavy atom. The molecule has 0 aliphatic rings. The van der Waals surface area contributed by atoms with E-state index in [0.717, 1.165) is 37.0 Å². The van der Waals surface area contributed by atoms with Crippen molar-refractivity contribution >= 4 is 16.7 Å². The van der Waals surface area contributed by atoms with Crippen molar-refractivity contribution in [2.45, 2.75) is 53.1 Å². The van der Waals surface area contributed by atoms with Crippen LogP contribution in [0.5, 0.6) is 0 Å². The molecule has 1 heterocycles. The second-order valence-electron chi connectivity index (χ2n) is 6.42. The van der Waals surface area contributed by atoms with E-state index >= 15 is 0 Å². The Hall–Kier alpha value is -1.55. The molecule has 1 atom stereocenters. The van der Waals surface area contributed by atoms with E-state index in [1.54, 1.807) is 0 Å². The highest BCUT2D eigenvalue weighted by Gasteiger charge is 2.18. The summed E-state index contributed by atoms with van der Waals surface area (Å²) < 4.78 is 2.07. The van der Waals surface area contributed by atoms with Gasteiger partial charge in [-0.1, -0.05) is 39.8 Å². The minimum atomic E-state index is 0.610. The van der Waals surface area contributed by atoms with Crippen molar-refractivity contribution in [3.63, 3.8) is 0 Å². The van der Waals surface area contributed by atoms with Crippen LogP contribution in [0.25, 0.3) is 10.9 Å². The zero-order chi connectivity index (χ0) is 16.1. The zero-order valence-electron chi connectivity index (χ0n) is 14.4. The van der Waals surface area contributed by atoms with E-state index < -0.39 is 0 Å². The van der Waals surface area contributed by atoms with Crippen LogP contribution in [0.3, 0.4) is 0 Å². The van der Waals surface area contributed by atoms with Crippen LogP contribution >= 0.6 is 0 Å². The fourth-order valence-corrected chi connectivity index (χ4v) is 3.33. The van der Waals surface area contributed by atoms with Crippen molar-refractivity contribution in [3.8, 4) is 0 Å². The lowest BCUT2D eigenvalue weighted by Crippen LogP contribution is -2.36. The lowest BCUT2D eigenvalue weighted by atomic mass is 9.99. The fourth-order valence-electron chi connectivity index (χ4n) is 3.33. The lowest BCUT2D eigenvalue weighted by Gasteiger charge is -2.31. The molecule has 1 aromatic heterocycles. The number of aryl methyl sites for hydroxylation is 1. The van der Waals surface area contributed by atoms with Gasteiger partial charge in [0.15, 0.2) is 5.82 Å². The predicted molar refractivity (Wildman–Crippen MR) is 94.9 cm³/mol. The van der Waals surface area contributed by atoms with Gasteiger partial charge in [-0.15, -0.1) is 0 Å². The van der Waals surface area contributed by atoms with Gasteiger partial charge < -0.3 is 10.6 Å². The number of fused-ring (bicyclic) bond motifs is 1. The number of rotatable bonds is 8. The largest absolute Gasteiger partial charge is 0.382 e. The van der Waals surface area contributed by atoms with Crippen molar-refractivity contribution < 1.29 is 0 Å². The van der Waals surface area contributed by atoms with Crippen LogP contribution in [0, 0.1) is 5.92 Å². The Bertz CT molecular complexity index is 584. The maximum atomic E-state index is 6.03. The molecule has 122 valence electrons. The molecule has 0 radical (unpaired) electrons. The number of anilines is 1. The van der Waals surface area contributed by atoms with Gasteiger partial charge >= 0.3 is 0 Å². The van der Waals surface area contributed by atoms with Gasteiger partial charge in [0.05, 0.1) is 5.52 Å². The number of nitrogens with two attached hydrogens (primary N) is 1. The molecule has 0 aliphatic carbocycles. The molecule has 0 saturated heterocycles. The summed E-state index contributed by atoms with van der Waals surface area (Å²) in [5.41, 5.74) is 7.18. The van der Waals surface area contributed by atoms with Crippen molar-refractivity contribution in [1.82, 2.24) is 14.7 Å². The first-order valence-corrected chi connectivity index (χ1v) is 8.51. The zero-order valence-corrected chi connectivity index (χ0v) is 14.4. The Kier molecular flexibility index (Phi) is 5.83. The van der Waals surface area contributed by atoms with Gasteiger partial charge in [-0.25, -0.2) is 0 Å². The number of para-hydroxylation sites is 1. The normalized spacial score (nSPS) is 13.4. The van der Waals surface area contributed by atoms with E-state index in [-0.39, 0.29) is 0 Å². The van der Waals surface area contributed by atoms with Crippen LogP contribution in [-0.4, -0.2) is 33.8 Å². The molecule has 2 aromatic rings. The van der Waals surface area contributed by atoms with Crippen molar-refractivity contribution in [1.29, 1.82) is 0 Å². The maximum absolute atomic E-state index is 6.03. The standard InChI is InChI=1S/C18H30N4/c1-5-21(6-2)15(13-14(3)4)11-12-22-17-10-8-7-9-16(17)18(19)20-22/h7-10,14-15H,5-6,11-13H2,1-4H3,(H2,19,20). The third kappa shape index (κ3) is 3.80. The van der Waals surface area contributed by atoms with Gasteiger partial charge in [-0.2, -0.15) is 5.10 Å². The Labute approximate surface area is 134 Å². The number of hydrogen-bond acceptors (Lipinski definition) is 3. The van der Waals surface area contributed by atoms with Gasteiger partial charge in [0.2, 0.25) is 0 Å². The van der Waals surface area contributed by atoms with Crippen LogP contribution < -0.4 is 5.73 Å². The minimum Gasteiger partial charge on any atom is -0.382 e. The summed E-state index contributed by atoms with van der Waals surface area (Å²) in [6.45, 7) is 12.2. The molecule has 4 heteroatoms. The predicted octanol–water partition coefficient (Wildman–Crippen LogP) is 3.77. The smallest absolute Gasteiger partial charge is 0.153 e. The van der Waals surface area contributed by atoms with Crippen molar-refractivity contribution in [2.24, 2.45) is 5.92 Å². The number of benzene rings is 1. The van der Waals surface area contributed by atoms with E-state index in [2.05, 4.69) is 54.5 Å². The van der Waals surface area contributed by atoms with Crippen LogP contribution in [0.4, 0.5) is 5.82 Å². The third-order valence-electron chi connectivity index (χ3n) is 4.43. The molecule has 2 rings (SSSR count). The maximum Gasteiger partial charge on any atom is 0.153 e. The molecule has 1 unspecified atom stereocenters. The van der Waals surface area contributed by atoms with Crippen LogP contribution in [0.1, 0.15) is 40.5 Å². The first kappa shape index (κ1) is 16.8. The Balaban J connectivity index is 2.13. The van der Waals surface area contributed by atoms with Gasteiger partial charge in [0.1, 0.15) is 0 Å². The quantitative estimate of drug-likeness (QED) is 0.807. The van der Waals surface area contributed by atoms with Crippen molar-refractivity contribution in [3.05, 3.63) is 24.3 Å². The van der Waals surface area contributed by atoms with Gasteiger partial charge in [-0.05, 0) is 44.0 Å². The van der Waals surface area contributed by atoms with Crippen LogP contribution in [0.15, 0.2) is 24.3 Å². The molecule has 0 saturated carbocycles. The molecule has 22 heavy (non-hydrogen) atoms. The molecule has 0 bridgehead atoms. The second-order valence-corrected chi connectivity index (χ2v) is 6.42. The highest BCUT2D eigenvalue weighted by Crippen LogP contribution is 2.22. The first-order chi connectivity index (χ1) is 10.6. The van der Waals surface area contributed by atoms with E-state index in [1.165, 1.54) is 6.42 Å². The number of nitrogen functional groups attached to an aromatic ring is 1. The fraction of sp³-hybridized carbons (Fsp3) is 0.611. The van der Waals surface area contributed by atoms with Crippen LogP contribution in [-0.2, 0) is 6.54 Å². The topological polar surface area (TPSA) is 47.1 Å². The molecule has 0 spiro atoms. The summed E-state index contributed by atoms with van der Waals surface area (Å²) in [5, 5.41) is 5.59. The third-order valence-corrected chi connectivity index (χ3v) is 4.43. The highest BCUT2D eigenvalue weighted by atomic mass is 15.3. The van der Waals surface area contributed by atoms with Gasteiger partial charge in [-0.3, -0.25) is 4.68 Å². The van der Waals surface area contributed by atoms with E-state index in [0.29, 0.717) is 17.8 Å². The SMILES string of the molecule is CCN(CC)C(CCn1nc(N)c2ccccc21)CC(C)C. The molecular formula is C18H30N4. The summed E-state index contributed by atoms with van der Waals surface area (Å²) in [4.78, 5) is 2.56. The summed E-state index contributed by atoms with van der Waals surface area (Å²) >= 11 is 0. The summed E-state index contributed by atoms with van der Waals surface area (Å²) in [6.07, 6.45) is 2.35. The van der Waals surface area contributed by atoms with Crippen LogP contribution in [0.2, 0.25) is 0 Å². The van der Waals surface area contributed by atoms with Gasteiger partial charge in [0.25, 0.3) is 0 Å². The highest BCUT2D eigenvalue weighted by molar-refractivity contribution is 5.88. The molecule has 1 aromatic carbocycles. The number of nitrogens with zero attached hydrogens (tertiary/aromatic N) is 3. The average Bonchev–Trinajstić information content (AvgIpc) is 2.82. The molecule has 0 aliphatic heterocycles. The van der Waals surface area contributed by atoms with E-state index in [1.807, 2.05) is 12.1 Å². The van der Waals surface area contributed by atoms with E-state index in [9.17, 15) is 0 Å².